The lowest BCUT2D eigenvalue weighted by Gasteiger charge is -2.14. The van der Waals surface area contributed by atoms with Gasteiger partial charge in [0.1, 0.15) is 0 Å². The Kier molecular flexibility index (Phi) is 9.48. The highest BCUT2D eigenvalue weighted by Crippen LogP contribution is 2.25. The van der Waals surface area contributed by atoms with Crippen LogP contribution >= 0.6 is 12.4 Å². The van der Waals surface area contributed by atoms with Gasteiger partial charge in [-0.05, 0) is 57.5 Å². The molecule has 0 radical (unpaired) electrons. The smallest absolute Gasteiger partial charge is 0.257 e. The molecule has 1 aliphatic heterocycles. The van der Waals surface area contributed by atoms with E-state index in [2.05, 4.69) is 10.2 Å². The normalized spacial score (nSPS) is 14.1. The zero-order chi connectivity index (χ0) is 15.6. The summed E-state index contributed by atoms with van der Waals surface area (Å²) in [7, 11) is 1.59. The summed E-state index contributed by atoms with van der Waals surface area (Å²) in [5.41, 5.74) is 0. The van der Waals surface area contributed by atoms with Gasteiger partial charge in [-0.3, -0.25) is 4.79 Å². The third-order valence-corrected chi connectivity index (χ3v) is 3.85. The lowest BCUT2D eigenvalue weighted by molar-refractivity contribution is -0.123. The van der Waals surface area contributed by atoms with Crippen LogP contribution in [0.5, 0.6) is 11.5 Å². The van der Waals surface area contributed by atoms with Crippen LogP contribution in [-0.4, -0.2) is 50.7 Å². The number of nitrogens with one attached hydrogen (secondary N) is 1. The van der Waals surface area contributed by atoms with Gasteiger partial charge in [0.2, 0.25) is 0 Å². The summed E-state index contributed by atoms with van der Waals surface area (Å²) in [6, 6.07) is 7.33. The van der Waals surface area contributed by atoms with Crippen molar-refractivity contribution in [3.8, 4) is 11.5 Å². The van der Waals surface area contributed by atoms with Gasteiger partial charge in [-0.25, -0.2) is 0 Å². The van der Waals surface area contributed by atoms with Gasteiger partial charge in [0.15, 0.2) is 18.1 Å². The number of halogens is 1. The van der Waals surface area contributed by atoms with E-state index in [9.17, 15) is 4.79 Å². The van der Waals surface area contributed by atoms with Crippen LogP contribution in [0.25, 0.3) is 0 Å². The van der Waals surface area contributed by atoms with Crippen molar-refractivity contribution >= 4 is 18.3 Å². The minimum Gasteiger partial charge on any atom is -0.493 e. The van der Waals surface area contributed by atoms with Crippen LogP contribution in [0.1, 0.15) is 25.7 Å². The highest BCUT2D eigenvalue weighted by molar-refractivity contribution is 5.85. The number of para-hydroxylation sites is 2. The van der Waals surface area contributed by atoms with E-state index < -0.39 is 0 Å². The molecule has 23 heavy (non-hydrogen) atoms. The maximum Gasteiger partial charge on any atom is 0.257 e. The average molecular weight is 343 g/mol. The van der Waals surface area contributed by atoms with Crippen molar-refractivity contribution in [3.05, 3.63) is 24.3 Å². The third-order valence-electron chi connectivity index (χ3n) is 3.85. The molecule has 0 aliphatic carbocycles. The Balaban J connectivity index is 0.00000264. The number of ether oxygens (including phenoxy) is 2. The van der Waals surface area contributed by atoms with Gasteiger partial charge in [0, 0.05) is 6.54 Å². The maximum absolute atomic E-state index is 11.7. The summed E-state index contributed by atoms with van der Waals surface area (Å²) in [6.45, 7) is 4.35. The van der Waals surface area contributed by atoms with E-state index in [1.807, 2.05) is 18.2 Å². The minimum atomic E-state index is -0.0907. The molecule has 130 valence electrons. The Bertz CT molecular complexity index is 465. The Morgan fingerprint density at radius 3 is 2.57 bits per heavy atom. The molecule has 1 aromatic rings. The molecule has 1 fully saturated rings. The topological polar surface area (TPSA) is 50.8 Å². The molecule has 1 heterocycles. The fraction of sp³-hybridized carbons (Fsp3) is 0.588. The summed E-state index contributed by atoms with van der Waals surface area (Å²) in [5, 5.41) is 2.89. The number of likely N-dealkylation sites (tertiary alicyclic amines) is 1. The lowest BCUT2D eigenvalue weighted by atomic mass is 10.3. The van der Waals surface area contributed by atoms with Crippen LogP contribution in [0, 0.1) is 0 Å². The van der Waals surface area contributed by atoms with Crippen LogP contribution in [0.3, 0.4) is 0 Å². The molecule has 0 aromatic heterocycles. The molecule has 0 unspecified atom stereocenters. The van der Waals surface area contributed by atoms with E-state index in [0.717, 1.165) is 19.4 Å². The second kappa shape index (κ2) is 11.1. The van der Waals surface area contributed by atoms with Crippen molar-refractivity contribution < 1.29 is 14.3 Å². The molecule has 0 spiro atoms. The number of nitrogens with zero attached hydrogens (tertiary/aromatic N) is 1. The molecule has 0 bridgehead atoms. The molecule has 1 amide bonds. The maximum atomic E-state index is 11.7. The molecule has 2 rings (SSSR count). The summed E-state index contributed by atoms with van der Waals surface area (Å²) >= 11 is 0. The van der Waals surface area contributed by atoms with Crippen LogP contribution in [-0.2, 0) is 4.79 Å². The van der Waals surface area contributed by atoms with Crippen molar-refractivity contribution in [2.45, 2.75) is 25.7 Å². The minimum absolute atomic E-state index is 0. The summed E-state index contributed by atoms with van der Waals surface area (Å²) in [6.07, 6.45) is 4.80. The fourth-order valence-corrected chi connectivity index (χ4v) is 2.63. The van der Waals surface area contributed by atoms with E-state index in [-0.39, 0.29) is 24.9 Å². The molecule has 1 aliphatic rings. The third kappa shape index (κ3) is 7.10. The number of benzene rings is 1. The molecule has 5 nitrogen and oxygen atoms in total. The number of unbranched alkanes of at least 4 members (excludes halogenated alkanes) is 1. The molecule has 0 atom stereocenters. The lowest BCUT2D eigenvalue weighted by Crippen LogP contribution is -2.30. The Labute approximate surface area is 144 Å². The number of carbonyl (C=O) groups excluding carboxylic acids is 1. The second-order valence-corrected chi connectivity index (χ2v) is 5.55. The van der Waals surface area contributed by atoms with Gasteiger partial charge in [0.05, 0.1) is 7.11 Å². The number of methoxy groups -OCH3 is 1. The van der Waals surface area contributed by atoms with Gasteiger partial charge >= 0.3 is 0 Å². The van der Waals surface area contributed by atoms with E-state index in [4.69, 9.17) is 9.47 Å². The van der Waals surface area contributed by atoms with Gasteiger partial charge < -0.3 is 19.7 Å². The monoisotopic (exact) mass is 342 g/mol. The SMILES string of the molecule is COc1ccccc1OCC(=O)NCCCCN1CCCC1.Cl. The number of hydrogen-bond acceptors (Lipinski definition) is 4. The van der Waals surface area contributed by atoms with Crippen molar-refractivity contribution in [2.24, 2.45) is 0 Å². The Morgan fingerprint density at radius 2 is 1.87 bits per heavy atom. The van der Waals surface area contributed by atoms with E-state index in [0.29, 0.717) is 18.0 Å². The Morgan fingerprint density at radius 1 is 1.17 bits per heavy atom. The quantitative estimate of drug-likeness (QED) is 0.700. The fourth-order valence-electron chi connectivity index (χ4n) is 2.63. The van der Waals surface area contributed by atoms with Gasteiger partial charge in [-0.1, -0.05) is 12.1 Å². The first-order valence-corrected chi connectivity index (χ1v) is 8.04. The van der Waals surface area contributed by atoms with Crippen molar-refractivity contribution in [2.75, 3.05) is 39.9 Å². The predicted octanol–water partition coefficient (Wildman–Crippen LogP) is 2.49. The second-order valence-electron chi connectivity index (χ2n) is 5.55. The molecular formula is C17H27ClN2O3. The number of hydrogen-bond donors (Lipinski definition) is 1. The zero-order valence-corrected chi connectivity index (χ0v) is 14.6. The van der Waals surface area contributed by atoms with Crippen LogP contribution in [0.2, 0.25) is 0 Å². The molecule has 1 N–H and O–H groups in total. The van der Waals surface area contributed by atoms with Gasteiger partial charge in [0.25, 0.3) is 5.91 Å². The molecule has 0 saturated carbocycles. The van der Waals surface area contributed by atoms with E-state index in [1.54, 1.807) is 13.2 Å². The van der Waals surface area contributed by atoms with Crippen LogP contribution in [0.4, 0.5) is 0 Å². The largest absolute Gasteiger partial charge is 0.493 e. The average Bonchev–Trinajstić information content (AvgIpc) is 3.06. The Hall–Kier alpha value is -1.46. The standard InChI is InChI=1S/C17H26N2O3.ClH/c1-21-15-8-2-3-9-16(15)22-14-17(20)18-10-4-5-11-19-12-6-7-13-19;/h2-3,8-9H,4-7,10-14H2,1H3,(H,18,20);1H. The van der Waals surface area contributed by atoms with Crippen LogP contribution < -0.4 is 14.8 Å². The first kappa shape index (κ1) is 19.6. The van der Waals surface area contributed by atoms with Crippen molar-refractivity contribution in [3.63, 3.8) is 0 Å². The summed E-state index contributed by atoms with van der Waals surface area (Å²) in [4.78, 5) is 14.2. The molecule has 1 aromatic carbocycles. The molecule has 6 heteroatoms. The van der Waals surface area contributed by atoms with Crippen LogP contribution in [0.15, 0.2) is 24.3 Å². The van der Waals surface area contributed by atoms with E-state index >= 15 is 0 Å². The molecule has 1 saturated heterocycles. The highest BCUT2D eigenvalue weighted by atomic mass is 35.5. The zero-order valence-electron chi connectivity index (χ0n) is 13.8. The van der Waals surface area contributed by atoms with Gasteiger partial charge in [-0.15, -0.1) is 12.4 Å². The highest BCUT2D eigenvalue weighted by Gasteiger charge is 2.10. The first-order valence-electron chi connectivity index (χ1n) is 8.04. The number of carbonyl (C=O) groups is 1. The predicted molar refractivity (Wildman–Crippen MR) is 93.7 cm³/mol. The van der Waals surface area contributed by atoms with Crippen molar-refractivity contribution in [1.29, 1.82) is 0 Å². The first-order chi connectivity index (χ1) is 10.8. The number of rotatable bonds is 9. The number of amides is 1. The van der Waals surface area contributed by atoms with Gasteiger partial charge in [-0.2, -0.15) is 0 Å². The summed E-state index contributed by atoms with van der Waals surface area (Å²) in [5.74, 6) is 1.14. The van der Waals surface area contributed by atoms with E-state index in [1.165, 1.54) is 25.9 Å². The molecular weight excluding hydrogens is 316 g/mol. The van der Waals surface area contributed by atoms with Crippen molar-refractivity contribution in [1.82, 2.24) is 10.2 Å². The summed E-state index contributed by atoms with van der Waals surface area (Å²) < 4.78 is 10.7.